The Bertz CT molecular complexity index is 131. The van der Waals surface area contributed by atoms with Gasteiger partial charge in [0.25, 0.3) is 0 Å². The van der Waals surface area contributed by atoms with Crippen LogP contribution in [0.25, 0.3) is 0 Å². The monoisotopic (exact) mass is 220 g/mol. The summed E-state index contributed by atoms with van der Waals surface area (Å²) in [4.78, 5) is 0. The molecule has 0 unspecified atom stereocenters. The molecule has 0 N–H and O–H groups in total. The molecule has 0 spiro atoms. The highest BCUT2D eigenvalue weighted by Crippen LogP contribution is 2.03. The summed E-state index contributed by atoms with van der Waals surface area (Å²) in [5, 5.41) is 0. The Balaban J connectivity index is 0. The van der Waals surface area contributed by atoms with Crippen LogP contribution >= 0.6 is 34.8 Å². The van der Waals surface area contributed by atoms with E-state index in [9.17, 15) is 7.77 Å². The molecule has 8 heteroatoms. The minimum absolute atomic E-state index is 0.750. The maximum Gasteiger partial charge on any atom is 0.476 e. The number of rotatable bonds is 0. The lowest BCUT2D eigenvalue weighted by Gasteiger charge is -1.69. The van der Waals surface area contributed by atoms with Gasteiger partial charge in [-0.2, -0.15) is 8.42 Å². The van der Waals surface area contributed by atoms with Gasteiger partial charge in [-0.25, -0.2) is 0 Å². The van der Waals surface area contributed by atoms with Crippen LogP contribution in [0.2, 0.25) is 0 Å². The van der Waals surface area contributed by atoms with Crippen molar-refractivity contribution in [3.8, 4) is 0 Å². The third-order valence-electron chi connectivity index (χ3n) is 0. The normalized spacial score (nSPS) is 10.4. The first-order valence-electron chi connectivity index (χ1n) is 1.30. The van der Waals surface area contributed by atoms with Crippen molar-refractivity contribution in [3.05, 3.63) is 0 Å². The van der Waals surface area contributed by atoms with Crippen molar-refractivity contribution in [2.45, 2.75) is 4.30 Å². The van der Waals surface area contributed by atoms with Crippen molar-refractivity contribution in [2.24, 2.45) is 0 Å². The quantitative estimate of drug-likeness (QED) is 0.464. The molecule has 0 amide bonds. The Morgan fingerprint density at radius 2 is 1.11 bits per heavy atom. The van der Waals surface area contributed by atoms with Crippen LogP contribution in [0.4, 0.5) is 7.77 Å². The van der Waals surface area contributed by atoms with E-state index in [1.807, 2.05) is 0 Å². The van der Waals surface area contributed by atoms with Crippen molar-refractivity contribution in [3.63, 3.8) is 0 Å². The van der Waals surface area contributed by atoms with Crippen LogP contribution in [0.1, 0.15) is 0 Å². The summed E-state index contributed by atoms with van der Waals surface area (Å²) in [6.07, 6.45) is 0. The van der Waals surface area contributed by atoms with Crippen molar-refractivity contribution < 1.29 is 16.2 Å². The van der Waals surface area contributed by atoms with E-state index in [-0.39, 0.29) is 0 Å². The molecule has 0 aliphatic rings. The summed E-state index contributed by atoms with van der Waals surface area (Å²) in [7, 11) is -5.67. The van der Waals surface area contributed by atoms with E-state index < -0.39 is 14.9 Å². The average molecular weight is 221 g/mol. The first-order chi connectivity index (χ1) is 3.73. The number of halogens is 5. The number of hydrogen-bond acceptors (Lipinski definition) is 2. The van der Waals surface area contributed by atoms with Crippen LogP contribution in [0, 0.1) is 0 Å². The molecule has 0 aliphatic heterocycles. The van der Waals surface area contributed by atoms with Crippen LogP contribution in [-0.4, -0.2) is 12.7 Å². The summed E-state index contributed by atoms with van der Waals surface area (Å²) in [5.41, 5.74) is 0. The second-order valence-corrected chi connectivity index (χ2v) is 3.36. The van der Waals surface area contributed by atoms with Gasteiger partial charge in [0, 0.05) is 0 Å². The molecule has 0 heterocycles. The van der Waals surface area contributed by atoms with E-state index >= 15 is 0 Å². The van der Waals surface area contributed by atoms with Crippen LogP contribution in [0.5, 0.6) is 0 Å². The van der Waals surface area contributed by atoms with Crippen molar-refractivity contribution in [1.29, 1.82) is 0 Å². The molecule has 0 saturated carbocycles. The topological polar surface area (TPSA) is 34.1 Å². The Morgan fingerprint density at radius 3 is 1.11 bits per heavy atom. The highest BCUT2D eigenvalue weighted by Gasteiger charge is 1.94. The second-order valence-electron chi connectivity index (χ2n) is 0.626. The number of hydrogen-bond donors (Lipinski definition) is 0. The predicted octanol–water partition coefficient (Wildman–Crippen LogP) is 2.16. The first-order valence-corrected chi connectivity index (χ1v) is 3.89. The van der Waals surface area contributed by atoms with Gasteiger partial charge in [-0.1, -0.05) is 42.6 Å². The lowest BCUT2D eigenvalue weighted by molar-refractivity contribution is 0.501. The predicted molar refractivity (Wildman–Crippen MR) is 32.5 cm³/mol. The summed E-state index contributed by atoms with van der Waals surface area (Å²) in [5.74, 6) is 0. The van der Waals surface area contributed by atoms with Crippen LogP contribution < -0.4 is 0 Å². The largest absolute Gasteiger partial charge is 0.476 e. The molecule has 0 aromatic rings. The average Bonchev–Trinajstić information content (AvgIpc) is 1.19. The minimum Gasteiger partial charge on any atom is -0.160 e. The van der Waals surface area contributed by atoms with E-state index in [1.54, 1.807) is 0 Å². The van der Waals surface area contributed by atoms with Gasteiger partial charge in [-0.05, 0) is 0 Å². The van der Waals surface area contributed by atoms with Gasteiger partial charge in [0.1, 0.15) is 0 Å². The third-order valence-corrected chi connectivity index (χ3v) is 0. The highest BCUT2D eigenvalue weighted by atomic mass is 35.6. The van der Waals surface area contributed by atoms with Crippen LogP contribution in [0.15, 0.2) is 0 Å². The molecule has 0 fully saturated rings. The van der Waals surface area contributed by atoms with Crippen molar-refractivity contribution in [2.75, 3.05) is 0 Å². The highest BCUT2D eigenvalue weighted by molar-refractivity contribution is 7.81. The summed E-state index contributed by atoms with van der Waals surface area (Å²) in [6.45, 7) is 0. The van der Waals surface area contributed by atoms with Crippen LogP contribution in [-0.2, 0) is 10.6 Å². The molecule has 9 heavy (non-hydrogen) atoms. The SMILES string of the molecule is ClC(Cl)Cl.O=S(=O)(F)F. The van der Waals surface area contributed by atoms with Crippen LogP contribution in [0.3, 0.4) is 0 Å². The summed E-state index contributed by atoms with van der Waals surface area (Å²) < 4.78 is 35.8. The van der Waals surface area contributed by atoms with E-state index in [0.717, 1.165) is 0 Å². The van der Waals surface area contributed by atoms with Gasteiger partial charge in [0.2, 0.25) is 0 Å². The standard InChI is InChI=1S/CHCl3.F2O2S/c2-1(3)4;1-5(2,3)4/h1H;. The zero-order chi connectivity index (χ0) is 8.08. The molecule has 0 saturated heterocycles. The Labute approximate surface area is 66.2 Å². The fraction of sp³-hybridized carbons (Fsp3) is 1.00. The Hall–Kier alpha value is 0.680. The fourth-order valence-corrected chi connectivity index (χ4v) is 0. The lowest BCUT2D eigenvalue weighted by atomic mass is 11.9. The fourth-order valence-electron chi connectivity index (χ4n) is 0. The lowest BCUT2D eigenvalue weighted by Crippen LogP contribution is -1.69. The zero-order valence-corrected chi connectivity index (χ0v) is 6.78. The smallest absolute Gasteiger partial charge is 0.160 e. The van der Waals surface area contributed by atoms with Gasteiger partial charge in [0.05, 0.1) is 0 Å². The summed E-state index contributed by atoms with van der Waals surface area (Å²) in [6, 6.07) is 0. The Kier molecular flexibility index (Phi) is 7.51. The molecule has 0 aromatic carbocycles. The maximum atomic E-state index is 9.99. The molecule has 0 rings (SSSR count). The van der Waals surface area contributed by atoms with E-state index in [2.05, 4.69) is 0 Å². The van der Waals surface area contributed by atoms with Gasteiger partial charge in [-0.15, -0.1) is 0 Å². The second kappa shape index (κ2) is 5.46. The molecular formula is CHCl3F2O2S. The van der Waals surface area contributed by atoms with E-state index in [0.29, 0.717) is 0 Å². The first kappa shape index (κ1) is 12.4. The van der Waals surface area contributed by atoms with E-state index in [4.69, 9.17) is 43.2 Å². The molecular weight excluding hydrogens is 220 g/mol. The maximum absolute atomic E-state index is 9.99. The zero-order valence-electron chi connectivity index (χ0n) is 3.69. The molecule has 0 aliphatic carbocycles. The number of alkyl halides is 3. The Morgan fingerprint density at radius 1 is 1.11 bits per heavy atom. The molecule has 0 radical (unpaired) electrons. The van der Waals surface area contributed by atoms with Gasteiger partial charge < -0.3 is 0 Å². The molecule has 58 valence electrons. The molecule has 2 nitrogen and oxygen atoms in total. The minimum atomic E-state index is -5.67. The summed E-state index contributed by atoms with van der Waals surface area (Å²) >= 11 is 14.4. The molecule has 0 aromatic heterocycles. The van der Waals surface area contributed by atoms with Gasteiger partial charge >= 0.3 is 10.6 Å². The van der Waals surface area contributed by atoms with Crippen molar-refractivity contribution in [1.82, 2.24) is 0 Å². The molecule has 0 bridgehead atoms. The third kappa shape index (κ3) is 838. The van der Waals surface area contributed by atoms with E-state index in [1.165, 1.54) is 0 Å². The van der Waals surface area contributed by atoms with Gasteiger partial charge in [-0.3, -0.25) is 0 Å². The molecule has 0 atom stereocenters. The van der Waals surface area contributed by atoms with Crippen molar-refractivity contribution >= 4 is 45.4 Å². The van der Waals surface area contributed by atoms with Gasteiger partial charge in [0.15, 0.2) is 4.30 Å².